The molecule has 2 fully saturated rings. The van der Waals surface area contributed by atoms with Crippen molar-refractivity contribution in [2.75, 3.05) is 49.2 Å². The highest BCUT2D eigenvalue weighted by atomic mass is 16.5. The van der Waals surface area contributed by atoms with Crippen molar-refractivity contribution in [3.05, 3.63) is 42.1 Å². The number of nitrogens with zero attached hydrogens (tertiary/aromatic N) is 4. The predicted molar refractivity (Wildman–Crippen MR) is 110 cm³/mol. The molecule has 154 valence electrons. The van der Waals surface area contributed by atoms with Gasteiger partial charge < -0.3 is 24.6 Å². The maximum Gasteiger partial charge on any atom is 0.228 e. The number of carbonyl (C=O) groups excluding carboxylic acids is 1. The van der Waals surface area contributed by atoms with Gasteiger partial charge in [0.2, 0.25) is 17.7 Å². The standard InChI is InChI=1S/C21H27N5O3/c1-15(23-16(2)27)17-3-5-18(6-4-17)26-13-19(14-26)29-20-7-8-22-21(24-20)25-9-11-28-12-10-25/h3-8,15,19H,9-14H2,1-2H3,(H,23,27)/t15-/m0/s1. The Labute approximate surface area is 170 Å². The molecule has 0 unspecified atom stereocenters. The Kier molecular flexibility index (Phi) is 5.80. The second-order valence-electron chi connectivity index (χ2n) is 7.45. The normalized spacial score (nSPS) is 18.1. The van der Waals surface area contributed by atoms with Crippen molar-refractivity contribution in [1.82, 2.24) is 15.3 Å². The number of aromatic nitrogens is 2. The van der Waals surface area contributed by atoms with Crippen molar-refractivity contribution < 1.29 is 14.3 Å². The van der Waals surface area contributed by atoms with Gasteiger partial charge in [0.1, 0.15) is 6.10 Å². The van der Waals surface area contributed by atoms with Crippen LogP contribution in [-0.4, -0.2) is 61.4 Å². The Morgan fingerprint density at radius 1 is 1.17 bits per heavy atom. The van der Waals surface area contributed by atoms with E-state index in [9.17, 15) is 4.79 Å². The van der Waals surface area contributed by atoms with Crippen molar-refractivity contribution >= 4 is 17.5 Å². The zero-order valence-electron chi connectivity index (χ0n) is 16.9. The molecule has 1 amide bonds. The minimum atomic E-state index is -0.0224. The van der Waals surface area contributed by atoms with E-state index in [1.54, 1.807) is 6.20 Å². The molecule has 2 saturated heterocycles. The summed E-state index contributed by atoms with van der Waals surface area (Å²) >= 11 is 0. The van der Waals surface area contributed by atoms with Gasteiger partial charge in [-0.05, 0) is 24.6 Å². The zero-order valence-corrected chi connectivity index (χ0v) is 16.9. The van der Waals surface area contributed by atoms with Crippen LogP contribution in [0.4, 0.5) is 11.6 Å². The maximum absolute atomic E-state index is 11.2. The van der Waals surface area contributed by atoms with E-state index in [1.807, 2.05) is 13.0 Å². The van der Waals surface area contributed by atoms with Gasteiger partial charge in [-0.25, -0.2) is 4.98 Å². The molecule has 0 bridgehead atoms. The summed E-state index contributed by atoms with van der Waals surface area (Å²) in [6.45, 7) is 8.16. The molecule has 1 aromatic heterocycles. The number of ether oxygens (including phenoxy) is 2. The SMILES string of the molecule is CC(=O)N[C@@H](C)c1ccc(N2CC(Oc3ccnc(N4CCOCC4)n3)C2)cc1. The van der Waals surface area contributed by atoms with Crippen LogP contribution in [0.5, 0.6) is 5.88 Å². The van der Waals surface area contributed by atoms with Gasteiger partial charge in [0.25, 0.3) is 0 Å². The van der Waals surface area contributed by atoms with Gasteiger partial charge in [0, 0.05) is 38.0 Å². The van der Waals surface area contributed by atoms with Crippen LogP contribution in [0.3, 0.4) is 0 Å². The molecule has 1 aromatic carbocycles. The second-order valence-corrected chi connectivity index (χ2v) is 7.45. The molecule has 2 aliphatic rings. The minimum absolute atomic E-state index is 0.00690. The Hall–Kier alpha value is -2.87. The molecular weight excluding hydrogens is 370 g/mol. The third kappa shape index (κ3) is 4.76. The maximum atomic E-state index is 11.2. The van der Waals surface area contributed by atoms with Crippen LogP contribution in [0.25, 0.3) is 0 Å². The Morgan fingerprint density at radius 2 is 1.90 bits per heavy atom. The first kappa shape index (κ1) is 19.4. The van der Waals surface area contributed by atoms with E-state index in [-0.39, 0.29) is 18.1 Å². The lowest BCUT2D eigenvalue weighted by Gasteiger charge is -2.40. The summed E-state index contributed by atoms with van der Waals surface area (Å²) in [6.07, 6.45) is 1.86. The summed E-state index contributed by atoms with van der Waals surface area (Å²) in [5.74, 6) is 1.29. The van der Waals surface area contributed by atoms with Crippen molar-refractivity contribution in [2.45, 2.75) is 26.0 Å². The van der Waals surface area contributed by atoms with Gasteiger partial charge in [-0.2, -0.15) is 4.98 Å². The van der Waals surface area contributed by atoms with Crippen LogP contribution in [0.15, 0.2) is 36.5 Å². The van der Waals surface area contributed by atoms with Gasteiger partial charge in [0.05, 0.1) is 32.3 Å². The van der Waals surface area contributed by atoms with Gasteiger partial charge in [-0.3, -0.25) is 4.79 Å². The van der Waals surface area contributed by atoms with Gasteiger partial charge in [-0.15, -0.1) is 0 Å². The lowest BCUT2D eigenvalue weighted by molar-refractivity contribution is -0.119. The number of morpholine rings is 1. The van der Waals surface area contributed by atoms with E-state index in [2.05, 4.69) is 49.4 Å². The van der Waals surface area contributed by atoms with Crippen LogP contribution in [-0.2, 0) is 9.53 Å². The van der Waals surface area contributed by atoms with E-state index in [4.69, 9.17) is 9.47 Å². The highest BCUT2D eigenvalue weighted by Gasteiger charge is 2.29. The van der Waals surface area contributed by atoms with E-state index in [0.29, 0.717) is 25.0 Å². The van der Waals surface area contributed by atoms with E-state index in [1.165, 1.54) is 6.92 Å². The molecule has 0 spiro atoms. The second kappa shape index (κ2) is 8.65. The Balaban J connectivity index is 1.29. The average Bonchev–Trinajstić information content (AvgIpc) is 2.71. The molecule has 4 rings (SSSR count). The minimum Gasteiger partial charge on any atom is -0.470 e. The molecule has 1 N–H and O–H groups in total. The van der Waals surface area contributed by atoms with Gasteiger partial charge in [0.15, 0.2) is 0 Å². The van der Waals surface area contributed by atoms with Crippen LogP contribution in [0.1, 0.15) is 25.5 Å². The van der Waals surface area contributed by atoms with E-state index in [0.717, 1.165) is 37.4 Å². The molecule has 2 aliphatic heterocycles. The lowest BCUT2D eigenvalue weighted by atomic mass is 10.1. The molecule has 3 heterocycles. The third-order valence-electron chi connectivity index (χ3n) is 5.22. The molecule has 0 aliphatic carbocycles. The number of amides is 1. The number of benzene rings is 1. The van der Waals surface area contributed by atoms with E-state index < -0.39 is 0 Å². The fraction of sp³-hybridized carbons (Fsp3) is 0.476. The summed E-state index contributed by atoms with van der Waals surface area (Å²) in [4.78, 5) is 24.5. The van der Waals surface area contributed by atoms with Gasteiger partial charge in [-0.1, -0.05) is 12.1 Å². The van der Waals surface area contributed by atoms with Crippen LogP contribution < -0.4 is 19.9 Å². The molecule has 0 radical (unpaired) electrons. The molecule has 29 heavy (non-hydrogen) atoms. The fourth-order valence-electron chi connectivity index (χ4n) is 3.57. The molecule has 8 nitrogen and oxygen atoms in total. The number of anilines is 2. The summed E-state index contributed by atoms with van der Waals surface area (Å²) in [7, 11) is 0. The highest BCUT2D eigenvalue weighted by molar-refractivity contribution is 5.73. The largest absolute Gasteiger partial charge is 0.470 e. The van der Waals surface area contributed by atoms with E-state index >= 15 is 0 Å². The summed E-state index contributed by atoms with van der Waals surface area (Å²) in [6, 6.07) is 10.1. The number of rotatable bonds is 6. The van der Waals surface area contributed by atoms with Crippen LogP contribution >= 0.6 is 0 Å². The number of carbonyl (C=O) groups is 1. The van der Waals surface area contributed by atoms with Crippen molar-refractivity contribution in [3.63, 3.8) is 0 Å². The number of hydrogen-bond donors (Lipinski definition) is 1. The van der Waals surface area contributed by atoms with Crippen LogP contribution in [0.2, 0.25) is 0 Å². The number of nitrogens with one attached hydrogen (secondary N) is 1. The van der Waals surface area contributed by atoms with Crippen molar-refractivity contribution in [1.29, 1.82) is 0 Å². The lowest BCUT2D eigenvalue weighted by Crippen LogP contribution is -2.54. The van der Waals surface area contributed by atoms with Crippen molar-refractivity contribution in [2.24, 2.45) is 0 Å². The predicted octanol–water partition coefficient (Wildman–Crippen LogP) is 1.78. The quantitative estimate of drug-likeness (QED) is 0.796. The zero-order chi connectivity index (χ0) is 20.2. The third-order valence-corrected chi connectivity index (χ3v) is 5.22. The Bertz CT molecular complexity index is 832. The summed E-state index contributed by atoms with van der Waals surface area (Å²) in [5, 5.41) is 2.90. The first-order valence-electron chi connectivity index (χ1n) is 10.0. The van der Waals surface area contributed by atoms with Crippen molar-refractivity contribution in [3.8, 4) is 5.88 Å². The molecule has 1 atom stereocenters. The smallest absolute Gasteiger partial charge is 0.228 e. The monoisotopic (exact) mass is 397 g/mol. The summed E-state index contributed by atoms with van der Waals surface area (Å²) < 4.78 is 11.4. The topological polar surface area (TPSA) is 79.8 Å². The first-order valence-corrected chi connectivity index (χ1v) is 10.0. The molecule has 2 aromatic rings. The van der Waals surface area contributed by atoms with Gasteiger partial charge >= 0.3 is 0 Å². The molecule has 8 heteroatoms. The number of hydrogen-bond acceptors (Lipinski definition) is 7. The fourth-order valence-corrected chi connectivity index (χ4v) is 3.57. The van der Waals surface area contributed by atoms with Crippen LogP contribution in [0, 0.1) is 0 Å². The first-order chi connectivity index (χ1) is 14.1. The summed E-state index contributed by atoms with van der Waals surface area (Å²) in [5.41, 5.74) is 2.24. The highest BCUT2D eigenvalue weighted by Crippen LogP contribution is 2.26. The Morgan fingerprint density at radius 3 is 2.59 bits per heavy atom. The molecular formula is C21H27N5O3. The average molecular weight is 397 g/mol. The molecule has 0 saturated carbocycles.